The molecule has 27 heavy (non-hydrogen) atoms. The summed E-state index contributed by atoms with van der Waals surface area (Å²) in [4.78, 5) is 38.0. The van der Waals surface area contributed by atoms with Crippen LogP contribution < -0.4 is 5.32 Å². The summed E-state index contributed by atoms with van der Waals surface area (Å²) in [6.07, 6.45) is 0. The number of fused-ring (bicyclic) bond motifs is 1. The summed E-state index contributed by atoms with van der Waals surface area (Å²) in [6.45, 7) is 0. The number of carboxylic acid groups (broad SMARTS) is 1. The average Bonchev–Trinajstić information content (AvgIpc) is 2.65. The van der Waals surface area contributed by atoms with E-state index in [1.807, 2.05) is 0 Å². The predicted molar refractivity (Wildman–Crippen MR) is 108 cm³/mol. The second kappa shape index (κ2) is 8.53. The van der Waals surface area contributed by atoms with Crippen LogP contribution in [-0.4, -0.2) is 56.6 Å². The highest BCUT2D eigenvalue weighted by Crippen LogP contribution is 2.40. The van der Waals surface area contributed by atoms with Gasteiger partial charge in [0.1, 0.15) is 17.1 Å². The van der Waals surface area contributed by atoms with Gasteiger partial charge >= 0.3 is 5.97 Å². The molecule has 6 nitrogen and oxygen atoms in total. The molecule has 0 radical (unpaired) electrons. The number of thioether (sulfide) groups is 2. The van der Waals surface area contributed by atoms with Crippen molar-refractivity contribution < 1.29 is 19.5 Å². The molecule has 2 atom stereocenters. The minimum absolute atomic E-state index is 0.0409. The van der Waals surface area contributed by atoms with Crippen LogP contribution in [0.15, 0.2) is 34.4 Å². The molecule has 1 saturated heterocycles. The molecule has 0 aromatic heterocycles. The monoisotopic (exact) mass is 466 g/mol. The highest BCUT2D eigenvalue weighted by molar-refractivity contribution is 8.00. The predicted octanol–water partition coefficient (Wildman–Crippen LogP) is 3.06. The van der Waals surface area contributed by atoms with Gasteiger partial charge in [0, 0.05) is 21.6 Å². The number of carboxylic acids is 1. The summed E-state index contributed by atoms with van der Waals surface area (Å²) in [5, 5.41) is 12.6. The van der Waals surface area contributed by atoms with Crippen molar-refractivity contribution in [1.29, 1.82) is 0 Å². The normalized spacial score (nSPS) is 21.6. The molecule has 0 saturated carbocycles. The minimum Gasteiger partial charge on any atom is -0.477 e. The first-order valence-corrected chi connectivity index (χ1v) is 11.0. The van der Waals surface area contributed by atoms with E-state index in [-0.39, 0.29) is 23.2 Å². The first kappa shape index (κ1) is 20.7. The van der Waals surface area contributed by atoms with Crippen molar-refractivity contribution >= 4 is 76.1 Å². The van der Waals surface area contributed by atoms with E-state index >= 15 is 0 Å². The quantitative estimate of drug-likeness (QED) is 0.380. The van der Waals surface area contributed by atoms with Crippen molar-refractivity contribution in [2.45, 2.75) is 16.3 Å². The Hall–Kier alpha value is -1.06. The first-order valence-electron chi connectivity index (χ1n) is 7.66. The zero-order valence-corrected chi connectivity index (χ0v) is 17.5. The molecule has 11 heteroatoms. The lowest BCUT2D eigenvalue weighted by Crippen LogP contribution is -2.70. The Morgan fingerprint density at radius 2 is 2.11 bits per heavy atom. The van der Waals surface area contributed by atoms with E-state index in [0.717, 1.165) is 0 Å². The van der Waals surface area contributed by atoms with E-state index in [2.05, 4.69) is 5.32 Å². The van der Waals surface area contributed by atoms with Gasteiger partial charge in [0.2, 0.25) is 5.91 Å². The van der Waals surface area contributed by atoms with E-state index in [4.69, 9.17) is 34.8 Å². The number of amides is 2. The molecule has 2 heterocycles. The molecule has 1 aromatic carbocycles. The summed E-state index contributed by atoms with van der Waals surface area (Å²) >= 11 is 20.4. The van der Waals surface area contributed by atoms with Crippen molar-refractivity contribution in [3.63, 3.8) is 0 Å². The van der Waals surface area contributed by atoms with Crippen LogP contribution >= 0.6 is 58.3 Å². The molecule has 2 N–H and O–H groups in total. The highest BCUT2D eigenvalue weighted by Gasteiger charge is 2.53. The molecular weight excluding hydrogens is 455 g/mol. The van der Waals surface area contributed by atoms with Crippen LogP contribution in [0.4, 0.5) is 0 Å². The van der Waals surface area contributed by atoms with Crippen LogP contribution in [0.3, 0.4) is 0 Å². The summed E-state index contributed by atoms with van der Waals surface area (Å²) in [5.74, 6) is -1.50. The third-order valence-corrected chi connectivity index (χ3v) is 7.37. The fraction of sp³-hybridized carbons (Fsp3) is 0.312. The van der Waals surface area contributed by atoms with Gasteiger partial charge in [0.15, 0.2) is 0 Å². The maximum absolute atomic E-state index is 12.4. The molecule has 0 bridgehead atoms. The van der Waals surface area contributed by atoms with E-state index in [1.165, 1.54) is 28.4 Å². The molecule has 1 fully saturated rings. The van der Waals surface area contributed by atoms with Gasteiger partial charge in [-0.3, -0.25) is 14.5 Å². The second-order valence-corrected chi connectivity index (χ2v) is 8.94. The molecule has 3 rings (SSSR count). The number of β-lactam (4-membered cyclic amide) rings is 1. The Kier molecular flexibility index (Phi) is 6.53. The Balaban J connectivity index is 1.62. The van der Waals surface area contributed by atoms with Crippen LogP contribution in [-0.2, 0) is 14.4 Å². The molecule has 2 amide bonds. The maximum Gasteiger partial charge on any atom is 0.352 e. The minimum atomic E-state index is -1.19. The maximum atomic E-state index is 12.4. The van der Waals surface area contributed by atoms with Crippen molar-refractivity contribution in [3.05, 3.63) is 39.5 Å². The van der Waals surface area contributed by atoms with Crippen LogP contribution in [0.5, 0.6) is 0 Å². The van der Waals surface area contributed by atoms with E-state index < -0.39 is 23.3 Å². The number of hydrogen-bond acceptors (Lipinski definition) is 5. The molecule has 1 aromatic rings. The van der Waals surface area contributed by atoms with Crippen LogP contribution in [0.2, 0.25) is 10.0 Å². The molecule has 0 unspecified atom stereocenters. The molecule has 2 aliphatic rings. The van der Waals surface area contributed by atoms with Crippen LogP contribution in [0.1, 0.15) is 0 Å². The Bertz CT molecular complexity index is 849. The van der Waals surface area contributed by atoms with Gasteiger partial charge in [-0.15, -0.1) is 35.1 Å². The standard InChI is InChI=1S/C16H13Cl3N2O4S2/c17-4-7-5-27-15-12(14(23)21(15)13(7)16(24)25)20-11(22)6-26-10-3-8(18)1-2-9(10)19/h1-3,12,15H,4-6H2,(H,20,22)(H,24,25)/t12-,15-/m1/s1. The van der Waals surface area contributed by atoms with Gasteiger partial charge < -0.3 is 10.4 Å². The van der Waals surface area contributed by atoms with E-state index in [9.17, 15) is 19.5 Å². The number of nitrogens with zero attached hydrogens (tertiary/aromatic N) is 1. The number of nitrogens with one attached hydrogen (secondary N) is 1. The average molecular weight is 468 g/mol. The van der Waals surface area contributed by atoms with Gasteiger partial charge in [0.25, 0.3) is 5.91 Å². The second-order valence-electron chi connectivity index (χ2n) is 5.71. The lowest BCUT2D eigenvalue weighted by molar-refractivity contribution is -0.150. The number of carbonyl (C=O) groups is 3. The summed E-state index contributed by atoms with van der Waals surface area (Å²) in [6, 6.07) is 4.19. The third-order valence-electron chi connectivity index (χ3n) is 3.98. The van der Waals surface area contributed by atoms with Crippen molar-refractivity contribution in [2.75, 3.05) is 17.4 Å². The van der Waals surface area contributed by atoms with Crippen molar-refractivity contribution in [3.8, 4) is 0 Å². The third kappa shape index (κ3) is 4.19. The Labute approximate surface area is 178 Å². The Morgan fingerprint density at radius 3 is 2.78 bits per heavy atom. The first-order chi connectivity index (χ1) is 12.8. The fourth-order valence-corrected chi connectivity index (χ4v) is 5.72. The number of benzene rings is 1. The van der Waals surface area contributed by atoms with Crippen molar-refractivity contribution in [2.24, 2.45) is 0 Å². The van der Waals surface area contributed by atoms with E-state index in [1.54, 1.807) is 18.2 Å². The number of carbonyl (C=O) groups excluding carboxylic acids is 2. The smallest absolute Gasteiger partial charge is 0.352 e. The van der Waals surface area contributed by atoms with Gasteiger partial charge in [-0.25, -0.2) is 4.79 Å². The number of halogens is 3. The lowest BCUT2D eigenvalue weighted by atomic mass is 10.0. The fourth-order valence-electron chi connectivity index (χ4n) is 2.73. The molecule has 0 aliphatic carbocycles. The molecular formula is C16H13Cl3N2O4S2. The van der Waals surface area contributed by atoms with Crippen LogP contribution in [0, 0.1) is 0 Å². The molecule has 2 aliphatic heterocycles. The topological polar surface area (TPSA) is 86.7 Å². The number of alkyl halides is 1. The largest absolute Gasteiger partial charge is 0.477 e. The Morgan fingerprint density at radius 1 is 1.37 bits per heavy atom. The summed E-state index contributed by atoms with van der Waals surface area (Å²) in [7, 11) is 0. The van der Waals surface area contributed by atoms with Gasteiger partial charge in [-0.1, -0.05) is 23.2 Å². The summed E-state index contributed by atoms with van der Waals surface area (Å²) < 4.78 is 0. The van der Waals surface area contributed by atoms with Crippen LogP contribution in [0.25, 0.3) is 0 Å². The highest BCUT2D eigenvalue weighted by atomic mass is 35.5. The van der Waals surface area contributed by atoms with Gasteiger partial charge in [-0.2, -0.15) is 0 Å². The van der Waals surface area contributed by atoms with E-state index in [0.29, 0.717) is 26.3 Å². The molecule has 0 spiro atoms. The van der Waals surface area contributed by atoms with Gasteiger partial charge in [0.05, 0.1) is 10.8 Å². The zero-order chi connectivity index (χ0) is 19.7. The lowest BCUT2D eigenvalue weighted by Gasteiger charge is -2.49. The zero-order valence-electron chi connectivity index (χ0n) is 13.6. The van der Waals surface area contributed by atoms with Crippen molar-refractivity contribution in [1.82, 2.24) is 10.2 Å². The summed E-state index contributed by atoms with van der Waals surface area (Å²) in [5.41, 5.74) is 0.416. The SMILES string of the molecule is O=C(CSc1cc(Cl)ccc1Cl)N[C@@H]1C(=O)N2C(C(=O)O)=C(CCl)CS[C@H]12. The number of hydrogen-bond donors (Lipinski definition) is 2. The molecule has 144 valence electrons. The van der Waals surface area contributed by atoms with Gasteiger partial charge in [-0.05, 0) is 23.8 Å². The number of rotatable bonds is 6. The number of aliphatic carboxylic acids is 1.